The SMILES string of the molecule is CCN(CC1CCN(C(=NC)NCc2scnc2C)CC1)C(=O)OC(C)(C)C.I. The van der Waals surface area contributed by atoms with E-state index in [1.54, 1.807) is 11.3 Å². The summed E-state index contributed by atoms with van der Waals surface area (Å²) < 4.78 is 5.53. The van der Waals surface area contributed by atoms with Gasteiger partial charge in [-0.05, 0) is 53.4 Å². The Labute approximate surface area is 196 Å². The summed E-state index contributed by atoms with van der Waals surface area (Å²) in [4.78, 5) is 26.5. The van der Waals surface area contributed by atoms with Crippen molar-refractivity contribution < 1.29 is 9.53 Å². The van der Waals surface area contributed by atoms with Crippen LogP contribution in [0.3, 0.4) is 0 Å². The predicted octanol–water partition coefficient (Wildman–Crippen LogP) is 4.11. The number of hydrogen-bond acceptors (Lipinski definition) is 5. The average molecular weight is 538 g/mol. The lowest BCUT2D eigenvalue weighted by Crippen LogP contribution is -2.47. The Morgan fingerprint density at radius 2 is 2.07 bits per heavy atom. The highest BCUT2D eigenvalue weighted by Crippen LogP contribution is 2.20. The molecule has 7 nitrogen and oxygen atoms in total. The number of nitrogens with one attached hydrogen (secondary N) is 1. The number of ether oxygens (including phenoxy) is 1. The minimum Gasteiger partial charge on any atom is -0.444 e. The van der Waals surface area contributed by atoms with Crippen LogP contribution in [0.5, 0.6) is 0 Å². The van der Waals surface area contributed by atoms with Crippen molar-refractivity contribution in [3.05, 3.63) is 16.1 Å². The molecule has 1 aliphatic heterocycles. The Kier molecular flexibility index (Phi) is 10.7. The van der Waals surface area contributed by atoms with E-state index in [0.29, 0.717) is 12.5 Å². The van der Waals surface area contributed by atoms with Crippen LogP contribution in [-0.4, -0.2) is 65.7 Å². The van der Waals surface area contributed by atoms with Crippen LogP contribution < -0.4 is 5.32 Å². The largest absolute Gasteiger partial charge is 0.444 e. The molecule has 1 saturated heterocycles. The topological polar surface area (TPSA) is 70.1 Å². The highest BCUT2D eigenvalue weighted by molar-refractivity contribution is 14.0. The van der Waals surface area contributed by atoms with Gasteiger partial charge < -0.3 is 19.9 Å². The van der Waals surface area contributed by atoms with Crippen LogP contribution in [-0.2, 0) is 11.3 Å². The first-order chi connectivity index (χ1) is 13.2. The van der Waals surface area contributed by atoms with Crippen molar-refractivity contribution in [1.29, 1.82) is 0 Å². The molecule has 1 amide bonds. The first-order valence-electron chi connectivity index (χ1n) is 10.1. The summed E-state index contributed by atoms with van der Waals surface area (Å²) >= 11 is 1.67. The Bertz CT molecular complexity index is 666. The quantitative estimate of drug-likeness (QED) is 0.348. The highest BCUT2D eigenvalue weighted by atomic mass is 127. The van der Waals surface area contributed by atoms with Gasteiger partial charge >= 0.3 is 6.09 Å². The minimum atomic E-state index is -0.456. The number of nitrogens with zero attached hydrogens (tertiary/aromatic N) is 4. The first-order valence-corrected chi connectivity index (χ1v) is 10.9. The monoisotopic (exact) mass is 537 g/mol. The summed E-state index contributed by atoms with van der Waals surface area (Å²) in [7, 11) is 1.83. The molecule has 0 aliphatic carbocycles. The van der Waals surface area contributed by atoms with Crippen molar-refractivity contribution in [2.24, 2.45) is 10.9 Å². The second-order valence-corrected chi connectivity index (χ2v) is 9.15. The smallest absolute Gasteiger partial charge is 0.410 e. The number of rotatable bonds is 5. The van der Waals surface area contributed by atoms with Gasteiger partial charge in [0.2, 0.25) is 0 Å². The van der Waals surface area contributed by atoms with Gasteiger partial charge in [-0.2, -0.15) is 0 Å². The third-order valence-electron chi connectivity index (χ3n) is 4.89. The van der Waals surface area contributed by atoms with Crippen LogP contribution in [0, 0.1) is 12.8 Å². The van der Waals surface area contributed by atoms with E-state index in [1.807, 2.05) is 52.1 Å². The molecule has 1 aromatic heterocycles. The molecular formula is C20H36IN5O2S. The molecule has 0 aromatic carbocycles. The fourth-order valence-corrected chi connectivity index (χ4v) is 4.00. The zero-order valence-electron chi connectivity index (χ0n) is 18.5. The number of aliphatic imine (C=N–C) groups is 1. The van der Waals surface area contributed by atoms with E-state index in [4.69, 9.17) is 4.74 Å². The van der Waals surface area contributed by atoms with E-state index in [2.05, 4.69) is 20.2 Å². The molecule has 1 N–H and O–H groups in total. The fourth-order valence-electron chi connectivity index (χ4n) is 3.29. The molecule has 0 spiro atoms. The van der Waals surface area contributed by atoms with Gasteiger partial charge in [-0.15, -0.1) is 35.3 Å². The molecule has 29 heavy (non-hydrogen) atoms. The second kappa shape index (κ2) is 11.9. The maximum atomic E-state index is 12.4. The second-order valence-electron chi connectivity index (χ2n) is 8.21. The van der Waals surface area contributed by atoms with Crippen LogP contribution in [0.4, 0.5) is 4.79 Å². The van der Waals surface area contributed by atoms with E-state index >= 15 is 0 Å². The third kappa shape index (κ3) is 8.27. The first kappa shape index (κ1) is 25.9. The van der Waals surface area contributed by atoms with Crippen molar-refractivity contribution in [3.8, 4) is 0 Å². The van der Waals surface area contributed by atoms with Crippen molar-refractivity contribution in [2.75, 3.05) is 33.2 Å². The number of halogens is 1. The Morgan fingerprint density at radius 3 is 2.55 bits per heavy atom. The maximum Gasteiger partial charge on any atom is 0.410 e. The van der Waals surface area contributed by atoms with E-state index < -0.39 is 5.60 Å². The van der Waals surface area contributed by atoms with Gasteiger partial charge in [-0.1, -0.05) is 0 Å². The van der Waals surface area contributed by atoms with Crippen molar-refractivity contribution in [3.63, 3.8) is 0 Å². The van der Waals surface area contributed by atoms with Crippen molar-refractivity contribution in [2.45, 2.75) is 59.6 Å². The third-order valence-corrected chi connectivity index (χ3v) is 5.82. The number of guanidine groups is 1. The van der Waals surface area contributed by atoms with Crippen LogP contribution in [0.15, 0.2) is 10.5 Å². The maximum absolute atomic E-state index is 12.4. The zero-order valence-corrected chi connectivity index (χ0v) is 21.7. The molecule has 0 unspecified atom stereocenters. The van der Waals surface area contributed by atoms with Crippen LogP contribution in [0.2, 0.25) is 0 Å². The summed E-state index contributed by atoms with van der Waals surface area (Å²) in [5.74, 6) is 1.43. The molecule has 1 aromatic rings. The molecule has 0 radical (unpaired) electrons. The Morgan fingerprint density at radius 1 is 1.41 bits per heavy atom. The van der Waals surface area contributed by atoms with Gasteiger partial charge in [-0.25, -0.2) is 9.78 Å². The summed E-state index contributed by atoms with van der Waals surface area (Å²) in [6, 6.07) is 0. The molecule has 0 saturated carbocycles. The van der Waals surface area contributed by atoms with E-state index in [-0.39, 0.29) is 30.1 Å². The Hall–Kier alpha value is -1.10. The van der Waals surface area contributed by atoms with Crippen LogP contribution >= 0.6 is 35.3 Å². The van der Waals surface area contributed by atoms with E-state index in [0.717, 1.165) is 50.7 Å². The number of thiazole rings is 1. The van der Waals surface area contributed by atoms with Gasteiger partial charge in [0.15, 0.2) is 5.96 Å². The van der Waals surface area contributed by atoms with Crippen molar-refractivity contribution in [1.82, 2.24) is 20.1 Å². The lowest BCUT2D eigenvalue weighted by molar-refractivity contribution is 0.0214. The fraction of sp³-hybridized carbons (Fsp3) is 0.750. The van der Waals surface area contributed by atoms with Crippen molar-refractivity contribution >= 4 is 47.4 Å². The van der Waals surface area contributed by atoms with Gasteiger partial charge in [0.1, 0.15) is 5.60 Å². The molecule has 0 atom stereocenters. The lowest BCUT2D eigenvalue weighted by atomic mass is 9.96. The standard InChI is InChI=1S/C20H35N5O2S.HI/c1-7-24(19(26)27-20(3,4)5)13-16-8-10-25(11-9-16)18(21-6)22-12-17-15(2)23-14-28-17;/h14,16H,7-13H2,1-6H3,(H,21,22);1H. The summed E-state index contributed by atoms with van der Waals surface area (Å²) in [6.45, 7) is 13.8. The molecular weight excluding hydrogens is 501 g/mol. The summed E-state index contributed by atoms with van der Waals surface area (Å²) in [5.41, 5.74) is 2.50. The molecule has 1 fully saturated rings. The molecule has 9 heteroatoms. The van der Waals surface area contributed by atoms with Gasteiger partial charge in [-0.3, -0.25) is 4.99 Å². The molecule has 0 bridgehead atoms. The normalized spacial score (nSPS) is 15.7. The van der Waals surface area contributed by atoms with Gasteiger partial charge in [0.05, 0.1) is 17.7 Å². The Balaban J connectivity index is 0.00000420. The van der Waals surface area contributed by atoms with E-state index in [1.165, 1.54) is 4.88 Å². The number of aromatic nitrogens is 1. The van der Waals surface area contributed by atoms with Gasteiger partial charge in [0.25, 0.3) is 0 Å². The summed E-state index contributed by atoms with van der Waals surface area (Å²) in [5, 5.41) is 3.45. The lowest BCUT2D eigenvalue weighted by Gasteiger charge is -2.36. The summed E-state index contributed by atoms with van der Waals surface area (Å²) in [6.07, 6.45) is 1.87. The molecule has 2 rings (SSSR count). The molecule has 1 aliphatic rings. The number of carbonyl (C=O) groups excluding carboxylic acids is 1. The number of amides is 1. The molecule has 166 valence electrons. The highest BCUT2D eigenvalue weighted by Gasteiger charge is 2.27. The van der Waals surface area contributed by atoms with Crippen LogP contribution in [0.25, 0.3) is 0 Å². The number of carbonyl (C=O) groups is 1. The number of hydrogen-bond donors (Lipinski definition) is 1. The van der Waals surface area contributed by atoms with Crippen LogP contribution in [0.1, 0.15) is 51.1 Å². The zero-order chi connectivity index (χ0) is 20.7. The number of likely N-dealkylation sites (tertiary alicyclic amines) is 1. The number of piperidine rings is 1. The minimum absolute atomic E-state index is 0. The molecule has 2 heterocycles. The van der Waals surface area contributed by atoms with Gasteiger partial charge in [0, 0.05) is 38.1 Å². The average Bonchev–Trinajstić information content (AvgIpc) is 3.04. The van der Waals surface area contributed by atoms with E-state index in [9.17, 15) is 4.79 Å². The number of aryl methyl sites for hydroxylation is 1. The predicted molar refractivity (Wildman–Crippen MR) is 130 cm³/mol.